The SMILES string of the molecule is COc1ccc(S(=O)(=O)NCCc2nc(-c3ccc([N+](=O)[O-])cc3)cs2)cc1OC. The lowest BCUT2D eigenvalue weighted by atomic mass is 10.1. The van der Waals surface area contributed by atoms with E-state index in [1.54, 1.807) is 12.1 Å². The van der Waals surface area contributed by atoms with E-state index in [1.807, 2.05) is 5.38 Å². The summed E-state index contributed by atoms with van der Waals surface area (Å²) >= 11 is 1.40. The summed E-state index contributed by atoms with van der Waals surface area (Å²) in [5.41, 5.74) is 1.46. The molecule has 0 atom stereocenters. The molecule has 2 aromatic carbocycles. The zero-order chi connectivity index (χ0) is 21.7. The normalized spacial score (nSPS) is 11.3. The topological polar surface area (TPSA) is 121 Å². The van der Waals surface area contributed by atoms with E-state index in [9.17, 15) is 18.5 Å². The maximum Gasteiger partial charge on any atom is 0.269 e. The van der Waals surface area contributed by atoms with E-state index in [4.69, 9.17) is 9.47 Å². The third kappa shape index (κ3) is 4.93. The Morgan fingerprint density at radius 1 is 1.10 bits per heavy atom. The zero-order valence-electron chi connectivity index (χ0n) is 16.2. The molecular weight excluding hydrogens is 430 g/mol. The number of nitro benzene ring substituents is 1. The number of nitrogens with one attached hydrogen (secondary N) is 1. The molecule has 158 valence electrons. The first-order chi connectivity index (χ1) is 14.3. The number of non-ortho nitro benzene ring substituents is 1. The lowest BCUT2D eigenvalue weighted by molar-refractivity contribution is -0.384. The van der Waals surface area contributed by atoms with Crippen LogP contribution in [0.1, 0.15) is 5.01 Å². The minimum absolute atomic E-state index is 0.0128. The van der Waals surface area contributed by atoms with E-state index in [1.165, 1.54) is 55.9 Å². The molecule has 0 amide bonds. The molecule has 0 saturated carbocycles. The highest BCUT2D eigenvalue weighted by Gasteiger charge is 2.17. The Labute approximate surface area is 177 Å². The van der Waals surface area contributed by atoms with Crippen molar-refractivity contribution in [2.24, 2.45) is 0 Å². The number of methoxy groups -OCH3 is 2. The molecule has 1 heterocycles. The molecule has 0 spiro atoms. The van der Waals surface area contributed by atoms with Crippen molar-refractivity contribution >= 4 is 27.0 Å². The van der Waals surface area contributed by atoms with E-state index in [2.05, 4.69) is 9.71 Å². The van der Waals surface area contributed by atoms with Gasteiger partial charge in [-0.15, -0.1) is 11.3 Å². The molecule has 3 aromatic rings. The number of hydrogen-bond acceptors (Lipinski definition) is 8. The van der Waals surface area contributed by atoms with Gasteiger partial charge >= 0.3 is 0 Å². The Balaban J connectivity index is 1.63. The number of nitro groups is 1. The summed E-state index contributed by atoms with van der Waals surface area (Å²) < 4.78 is 37.9. The third-order valence-electron chi connectivity index (χ3n) is 4.22. The van der Waals surface area contributed by atoms with Crippen LogP contribution < -0.4 is 14.2 Å². The molecular formula is C19H19N3O6S2. The predicted octanol–water partition coefficient (Wildman–Crippen LogP) is 3.26. The molecule has 11 heteroatoms. The Bertz CT molecular complexity index is 1140. The molecule has 0 bridgehead atoms. The number of sulfonamides is 1. The Morgan fingerprint density at radius 3 is 2.43 bits per heavy atom. The van der Waals surface area contributed by atoms with Crippen molar-refractivity contribution in [1.29, 1.82) is 0 Å². The van der Waals surface area contributed by atoms with Gasteiger partial charge in [-0.25, -0.2) is 18.1 Å². The molecule has 0 aliphatic heterocycles. The highest BCUT2D eigenvalue weighted by molar-refractivity contribution is 7.89. The van der Waals surface area contributed by atoms with Crippen LogP contribution >= 0.6 is 11.3 Å². The van der Waals surface area contributed by atoms with E-state index in [-0.39, 0.29) is 17.1 Å². The fourth-order valence-corrected chi connectivity index (χ4v) is 4.53. The van der Waals surface area contributed by atoms with Gasteiger partial charge in [0.05, 0.1) is 34.7 Å². The average molecular weight is 450 g/mol. The molecule has 0 aliphatic rings. The summed E-state index contributed by atoms with van der Waals surface area (Å²) in [5.74, 6) is 0.769. The lowest BCUT2D eigenvalue weighted by Gasteiger charge is -2.10. The van der Waals surface area contributed by atoms with Gasteiger partial charge < -0.3 is 9.47 Å². The molecule has 0 fully saturated rings. The van der Waals surface area contributed by atoms with Gasteiger partial charge in [-0.05, 0) is 24.3 Å². The summed E-state index contributed by atoms with van der Waals surface area (Å²) in [6.07, 6.45) is 0.407. The third-order valence-corrected chi connectivity index (χ3v) is 6.59. The van der Waals surface area contributed by atoms with Gasteiger partial charge in [0.2, 0.25) is 10.0 Å². The van der Waals surface area contributed by atoms with Crippen molar-refractivity contribution in [1.82, 2.24) is 9.71 Å². The van der Waals surface area contributed by atoms with Crippen LogP contribution in [0.4, 0.5) is 5.69 Å². The van der Waals surface area contributed by atoms with Gasteiger partial charge in [0, 0.05) is 42.1 Å². The number of benzene rings is 2. The van der Waals surface area contributed by atoms with Crippen LogP contribution in [0.5, 0.6) is 11.5 Å². The van der Waals surface area contributed by atoms with Crippen molar-refractivity contribution in [2.75, 3.05) is 20.8 Å². The molecule has 3 rings (SSSR count). The second-order valence-electron chi connectivity index (χ2n) is 6.10. The average Bonchev–Trinajstić information content (AvgIpc) is 3.22. The monoisotopic (exact) mass is 449 g/mol. The fraction of sp³-hybridized carbons (Fsp3) is 0.211. The summed E-state index contributed by atoms with van der Waals surface area (Å²) in [6, 6.07) is 10.5. The van der Waals surface area contributed by atoms with Crippen LogP contribution in [0.25, 0.3) is 11.3 Å². The molecule has 1 N–H and O–H groups in total. The van der Waals surface area contributed by atoms with Crippen molar-refractivity contribution in [2.45, 2.75) is 11.3 Å². The van der Waals surface area contributed by atoms with E-state index in [0.717, 1.165) is 10.6 Å². The summed E-state index contributed by atoms with van der Waals surface area (Å²) in [7, 11) is -0.806. The van der Waals surface area contributed by atoms with Crippen molar-refractivity contribution in [3.63, 3.8) is 0 Å². The molecule has 0 unspecified atom stereocenters. The van der Waals surface area contributed by atoms with Gasteiger partial charge in [-0.3, -0.25) is 10.1 Å². The van der Waals surface area contributed by atoms with Gasteiger partial charge in [0.1, 0.15) is 0 Å². The van der Waals surface area contributed by atoms with Gasteiger partial charge in [0.25, 0.3) is 5.69 Å². The van der Waals surface area contributed by atoms with Crippen LogP contribution in [0.2, 0.25) is 0 Å². The van der Waals surface area contributed by atoms with E-state index >= 15 is 0 Å². The smallest absolute Gasteiger partial charge is 0.269 e. The minimum atomic E-state index is -3.72. The van der Waals surface area contributed by atoms with Crippen molar-refractivity contribution in [3.8, 4) is 22.8 Å². The maximum atomic E-state index is 12.5. The first kappa shape index (κ1) is 21.7. The van der Waals surface area contributed by atoms with Crippen molar-refractivity contribution in [3.05, 3.63) is 63.0 Å². The number of aromatic nitrogens is 1. The molecule has 0 saturated heterocycles. The quantitative estimate of drug-likeness (QED) is 0.393. The molecule has 0 aliphatic carbocycles. The van der Waals surface area contributed by atoms with E-state index < -0.39 is 14.9 Å². The number of nitrogens with zero attached hydrogens (tertiary/aromatic N) is 2. The summed E-state index contributed by atoms with van der Waals surface area (Å²) in [6.45, 7) is 0.171. The van der Waals surface area contributed by atoms with Crippen LogP contribution in [0.15, 0.2) is 52.7 Å². The standard InChI is InChI=1S/C19H19N3O6S2/c1-27-17-8-7-15(11-18(17)28-2)30(25,26)20-10-9-19-21-16(12-29-19)13-3-5-14(6-4-13)22(23)24/h3-8,11-12,20H,9-10H2,1-2H3. The zero-order valence-corrected chi connectivity index (χ0v) is 17.8. The second kappa shape index (κ2) is 9.20. The molecule has 9 nitrogen and oxygen atoms in total. The molecule has 30 heavy (non-hydrogen) atoms. The van der Waals surface area contributed by atoms with Crippen LogP contribution in [-0.2, 0) is 16.4 Å². The summed E-state index contributed by atoms with van der Waals surface area (Å²) in [4.78, 5) is 14.8. The summed E-state index contributed by atoms with van der Waals surface area (Å²) in [5, 5.41) is 13.3. The van der Waals surface area contributed by atoms with Crippen LogP contribution in [-0.4, -0.2) is 39.1 Å². The largest absolute Gasteiger partial charge is 0.493 e. The highest BCUT2D eigenvalue weighted by Crippen LogP contribution is 2.29. The number of ether oxygens (including phenoxy) is 2. The molecule has 1 aromatic heterocycles. The van der Waals surface area contributed by atoms with Gasteiger partial charge in [0.15, 0.2) is 11.5 Å². The lowest BCUT2D eigenvalue weighted by Crippen LogP contribution is -2.26. The van der Waals surface area contributed by atoms with Crippen LogP contribution in [0.3, 0.4) is 0 Å². The fourth-order valence-electron chi connectivity index (χ4n) is 2.67. The first-order valence-electron chi connectivity index (χ1n) is 8.75. The molecule has 0 radical (unpaired) electrons. The van der Waals surface area contributed by atoms with Crippen LogP contribution in [0, 0.1) is 10.1 Å². The Morgan fingerprint density at radius 2 is 1.80 bits per heavy atom. The van der Waals surface area contributed by atoms with Gasteiger partial charge in [-0.2, -0.15) is 0 Å². The second-order valence-corrected chi connectivity index (χ2v) is 8.80. The first-order valence-corrected chi connectivity index (χ1v) is 11.1. The highest BCUT2D eigenvalue weighted by atomic mass is 32.2. The Kier molecular flexibility index (Phi) is 6.65. The number of thiazole rings is 1. The number of hydrogen-bond donors (Lipinski definition) is 1. The van der Waals surface area contributed by atoms with Gasteiger partial charge in [-0.1, -0.05) is 0 Å². The van der Waals surface area contributed by atoms with E-state index in [0.29, 0.717) is 23.6 Å². The predicted molar refractivity (Wildman–Crippen MR) is 113 cm³/mol. The minimum Gasteiger partial charge on any atom is -0.493 e. The Hall–Kier alpha value is -3.02. The number of rotatable bonds is 9. The van der Waals surface area contributed by atoms with Crippen molar-refractivity contribution < 1.29 is 22.8 Å². The maximum absolute atomic E-state index is 12.5.